The van der Waals surface area contributed by atoms with Gasteiger partial charge in [0.1, 0.15) is 5.75 Å². The third kappa shape index (κ3) is 3.11. The Kier molecular flexibility index (Phi) is 4.00. The van der Waals surface area contributed by atoms with Crippen molar-refractivity contribution in [3.05, 3.63) is 64.7 Å². The van der Waals surface area contributed by atoms with Crippen LogP contribution in [0, 0.1) is 6.07 Å². The molecule has 91 valence electrons. The quantitative estimate of drug-likeness (QED) is 0.621. The van der Waals surface area contributed by atoms with Crippen LogP contribution in [0.15, 0.2) is 42.5 Å². The molecule has 0 saturated heterocycles. The van der Waals surface area contributed by atoms with Gasteiger partial charge < -0.3 is 4.74 Å². The van der Waals surface area contributed by atoms with Crippen LogP contribution in [0.3, 0.4) is 0 Å². The largest absolute Gasteiger partial charge is 0.426 e. The Labute approximate surface area is 111 Å². The third-order valence-corrected chi connectivity index (χ3v) is 2.85. The first kappa shape index (κ1) is 12.7. The molecule has 0 spiro atoms. The van der Waals surface area contributed by atoms with Gasteiger partial charge in [-0.3, -0.25) is 4.79 Å². The zero-order valence-corrected chi connectivity index (χ0v) is 10.7. The zero-order chi connectivity index (χ0) is 13.0. The summed E-state index contributed by atoms with van der Waals surface area (Å²) in [4.78, 5) is 11.0. The van der Waals surface area contributed by atoms with Crippen LogP contribution in [0.5, 0.6) is 5.75 Å². The van der Waals surface area contributed by atoms with E-state index in [1.807, 2.05) is 24.3 Å². The summed E-state index contributed by atoms with van der Waals surface area (Å²) in [6, 6.07) is 16.0. The van der Waals surface area contributed by atoms with Crippen LogP contribution in [0.4, 0.5) is 0 Å². The zero-order valence-electron chi connectivity index (χ0n) is 9.94. The summed E-state index contributed by atoms with van der Waals surface area (Å²) < 4.78 is 5.14. The molecule has 18 heavy (non-hydrogen) atoms. The van der Waals surface area contributed by atoms with E-state index in [0.29, 0.717) is 17.2 Å². The Morgan fingerprint density at radius 2 is 2.06 bits per heavy atom. The number of ether oxygens (including phenoxy) is 1. The third-order valence-electron chi connectivity index (χ3n) is 2.48. The number of hydrogen-bond donors (Lipinski definition) is 0. The monoisotopic (exact) mass is 259 g/mol. The average Bonchev–Trinajstić information content (AvgIpc) is 2.34. The van der Waals surface area contributed by atoms with E-state index in [-0.39, 0.29) is 5.97 Å². The highest BCUT2D eigenvalue weighted by Crippen LogP contribution is 2.24. The number of halogens is 1. The first-order chi connectivity index (χ1) is 8.66. The van der Waals surface area contributed by atoms with Crippen molar-refractivity contribution in [2.75, 3.05) is 0 Å². The van der Waals surface area contributed by atoms with Gasteiger partial charge in [-0.15, -0.1) is 0 Å². The molecular formula is C15H12ClO2. The molecule has 1 radical (unpaired) electrons. The molecule has 0 bridgehead atoms. The maximum absolute atomic E-state index is 11.0. The maximum atomic E-state index is 11.0. The second-order valence-corrected chi connectivity index (χ2v) is 4.28. The molecule has 0 saturated carbocycles. The summed E-state index contributed by atoms with van der Waals surface area (Å²) in [5.41, 5.74) is 1.80. The van der Waals surface area contributed by atoms with E-state index in [0.717, 1.165) is 11.1 Å². The minimum absolute atomic E-state index is 0.338. The van der Waals surface area contributed by atoms with Gasteiger partial charge in [-0.2, -0.15) is 0 Å². The predicted molar refractivity (Wildman–Crippen MR) is 70.8 cm³/mol. The Hall–Kier alpha value is -1.80. The molecule has 0 N–H and O–H groups in total. The van der Waals surface area contributed by atoms with Crippen LogP contribution in [0.1, 0.15) is 18.1 Å². The van der Waals surface area contributed by atoms with Crippen molar-refractivity contribution < 1.29 is 9.53 Å². The number of rotatable bonds is 3. The molecule has 3 heteroatoms. The van der Waals surface area contributed by atoms with E-state index in [4.69, 9.17) is 16.3 Å². The fourth-order valence-corrected chi connectivity index (χ4v) is 1.88. The molecule has 0 aliphatic carbocycles. The van der Waals surface area contributed by atoms with Gasteiger partial charge in [0.05, 0.1) is 0 Å². The van der Waals surface area contributed by atoms with Crippen molar-refractivity contribution in [2.24, 2.45) is 0 Å². The van der Waals surface area contributed by atoms with Gasteiger partial charge in [-0.1, -0.05) is 41.9 Å². The molecule has 0 fully saturated rings. The maximum Gasteiger partial charge on any atom is 0.308 e. The lowest BCUT2D eigenvalue weighted by Gasteiger charge is -2.09. The SMILES string of the molecule is CC(=O)Oc1ccc[c]c1Cc1ccccc1Cl. The van der Waals surface area contributed by atoms with E-state index in [1.54, 1.807) is 18.2 Å². The molecule has 0 unspecified atom stereocenters. The van der Waals surface area contributed by atoms with Crippen molar-refractivity contribution in [3.63, 3.8) is 0 Å². The first-order valence-corrected chi connectivity index (χ1v) is 5.96. The van der Waals surface area contributed by atoms with E-state index in [2.05, 4.69) is 6.07 Å². The number of carbonyl (C=O) groups excluding carboxylic acids is 1. The van der Waals surface area contributed by atoms with Gasteiger partial charge in [0, 0.05) is 23.9 Å². The molecular weight excluding hydrogens is 248 g/mol. The first-order valence-electron chi connectivity index (χ1n) is 5.58. The smallest absolute Gasteiger partial charge is 0.308 e. The van der Waals surface area contributed by atoms with E-state index < -0.39 is 0 Å². The summed E-state index contributed by atoms with van der Waals surface area (Å²) in [6.07, 6.45) is 0.586. The Morgan fingerprint density at radius 3 is 2.78 bits per heavy atom. The summed E-state index contributed by atoms with van der Waals surface area (Å²) in [7, 11) is 0. The number of benzene rings is 2. The number of esters is 1. The van der Waals surface area contributed by atoms with Gasteiger partial charge in [0.15, 0.2) is 0 Å². The fraction of sp³-hybridized carbons (Fsp3) is 0.133. The molecule has 2 rings (SSSR count). The topological polar surface area (TPSA) is 26.3 Å². The minimum atomic E-state index is -0.338. The second-order valence-electron chi connectivity index (χ2n) is 3.87. The lowest BCUT2D eigenvalue weighted by atomic mass is 10.0. The van der Waals surface area contributed by atoms with Crippen LogP contribution in [-0.2, 0) is 11.2 Å². The molecule has 0 aromatic heterocycles. The van der Waals surface area contributed by atoms with Gasteiger partial charge in [0.2, 0.25) is 0 Å². The molecule has 0 aliphatic heterocycles. The van der Waals surface area contributed by atoms with E-state index in [1.165, 1.54) is 6.92 Å². The van der Waals surface area contributed by atoms with Gasteiger partial charge >= 0.3 is 5.97 Å². The van der Waals surface area contributed by atoms with Crippen molar-refractivity contribution in [1.82, 2.24) is 0 Å². The van der Waals surface area contributed by atoms with E-state index in [9.17, 15) is 4.79 Å². The van der Waals surface area contributed by atoms with E-state index >= 15 is 0 Å². The molecule has 2 aromatic rings. The van der Waals surface area contributed by atoms with Crippen molar-refractivity contribution in [1.29, 1.82) is 0 Å². The molecule has 2 nitrogen and oxygen atoms in total. The predicted octanol–water partition coefficient (Wildman–Crippen LogP) is 3.66. The van der Waals surface area contributed by atoms with Crippen molar-refractivity contribution in [3.8, 4) is 5.75 Å². The Morgan fingerprint density at radius 1 is 1.28 bits per heavy atom. The summed E-state index contributed by atoms with van der Waals surface area (Å²) in [5, 5.41) is 0.698. The second kappa shape index (κ2) is 5.69. The summed E-state index contributed by atoms with van der Waals surface area (Å²) >= 11 is 6.11. The highest BCUT2D eigenvalue weighted by atomic mass is 35.5. The number of hydrogen-bond acceptors (Lipinski definition) is 2. The molecule has 0 amide bonds. The van der Waals surface area contributed by atoms with Gasteiger partial charge in [-0.05, 0) is 23.8 Å². The molecule has 0 heterocycles. The van der Waals surface area contributed by atoms with Crippen molar-refractivity contribution >= 4 is 17.6 Å². The lowest BCUT2D eigenvalue weighted by molar-refractivity contribution is -0.131. The molecule has 0 atom stereocenters. The highest BCUT2D eigenvalue weighted by Gasteiger charge is 2.08. The van der Waals surface area contributed by atoms with Gasteiger partial charge in [-0.25, -0.2) is 0 Å². The standard InChI is InChI=1S/C15H12ClO2/c1-11(17)18-15-9-5-3-7-13(15)10-12-6-2-4-8-14(12)16/h2-6,8-9H,10H2,1H3. The summed E-state index contributed by atoms with van der Waals surface area (Å²) in [6.45, 7) is 1.38. The van der Waals surface area contributed by atoms with Crippen LogP contribution in [-0.4, -0.2) is 5.97 Å². The van der Waals surface area contributed by atoms with Crippen LogP contribution in [0.2, 0.25) is 5.02 Å². The minimum Gasteiger partial charge on any atom is -0.426 e. The molecule has 2 aromatic carbocycles. The Balaban J connectivity index is 2.29. The summed E-state index contributed by atoms with van der Waals surface area (Å²) in [5.74, 6) is 0.194. The van der Waals surface area contributed by atoms with Crippen LogP contribution in [0.25, 0.3) is 0 Å². The average molecular weight is 260 g/mol. The molecule has 0 aliphatic rings. The van der Waals surface area contributed by atoms with Crippen molar-refractivity contribution in [2.45, 2.75) is 13.3 Å². The lowest BCUT2D eigenvalue weighted by Crippen LogP contribution is -2.04. The van der Waals surface area contributed by atoms with Crippen LogP contribution >= 0.6 is 11.6 Å². The van der Waals surface area contributed by atoms with Crippen LogP contribution < -0.4 is 4.74 Å². The highest BCUT2D eigenvalue weighted by molar-refractivity contribution is 6.31. The number of carbonyl (C=O) groups is 1. The van der Waals surface area contributed by atoms with Gasteiger partial charge in [0.25, 0.3) is 0 Å². The Bertz CT molecular complexity index is 564. The normalized spacial score (nSPS) is 10.1. The fourth-order valence-electron chi connectivity index (χ4n) is 1.68.